The number of fused-ring (bicyclic) bond motifs is 2. The zero-order valence-electron chi connectivity index (χ0n) is 21.8. The standard InChI is InChI=1S/C36H25N3Si/c37-25-28-26-38-23-22-32(28)27-12-11-13-29(24-27)39-33-18-7-9-20-35(33)40(30-14-3-1-4-15-30,31-16-5-2-6-17-31)36-21-10-8-19-34(36)39/h1-24,26H. The van der Waals surface area contributed by atoms with Gasteiger partial charge in [-0.15, -0.1) is 0 Å². The lowest BCUT2D eigenvalue weighted by Crippen LogP contribution is -2.77. The third kappa shape index (κ3) is 3.60. The van der Waals surface area contributed by atoms with Crippen molar-refractivity contribution in [2.24, 2.45) is 0 Å². The molecule has 0 fully saturated rings. The molecule has 6 aromatic rings. The first-order valence-electron chi connectivity index (χ1n) is 13.4. The van der Waals surface area contributed by atoms with E-state index in [1.807, 2.05) is 6.07 Å². The van der Waals surface area contributed by atoms with Crippen molar-refractivity contribution in [3.05, 3.63) is 157 Å². The van der Waals surface area contributed by atoms with E-state index in [0.29, 0.717) is 5.56 Å². The summed E-state index contributed by atoms with van der Waals surface area (Å²) in [4.78, 5) is 6.55. The number of nitriles is 1. The van der Waals surface area contributed by atoms with Crippen molar-refractivity contribution in [2.45, 2.75) is 0 Å². The van der Waals surface area contributed by atoms with Crippen molar-refractivity contribution in [2.75, 3.05) is 4.90 Å². The SMILES string of the molecule is N#Cc1cnccc1-c1cccc(N2c3ccccc3[Si](c3ccccc3)(c3ccccc3)c3ccccc32)c1. The van der Waals surface area contributed by atoms with Gasteiger partial charge in [-0.2, -0.15) is 5.26 Å². The molecule has 1 aromatic heterocycles. The fourth-order valence-corrected chi connectivity index (χ4v) is 11.3. The van der Waals surface area contributed by atoms with Gasteiger partial charge in [0.2, 0.25) is 0 Å². The Morgan fingerprint density at radius 3 is 1.77 bits per heavy atom. The summed E-state index contributed by atoms with van der Waals surface area (Å²) in [6, 6.07) is 52.5. The van der Waals surface area contributed by atoms with Crippen LogP contribution in [-0.2, 0) is 0 Å². The Hall–Kier alpha value is -5.24. The van der Waals surface area contributed by atoms with Crippen LogP contribution in [0, 0.1) is 11.3 Å². The van der Waals surface area contributed by atoms with Gasteiger partial charge in [0.25, 0.3) is 0 Å². The molecule has 3 nitrogen and oxygen atoms in total. The second-order valence-corrected chi connectivity index (χ2v) is 13.7. The van der Waals surface area contributed by atoms with Gasteiger partial charge in [-0.05, 0) is 56.6 Å². The third-order valence-electron chi connectivity index (χ3n) is 7.87. The summed E-state index contributed by atoms with van der Waals surface area (Å²) in [5.41, 5.74) is 5.88. The highest BCUT2D eigenvalue weighted by Gasteiger charge is 2.48. The van der Waals surface area contributed by atoms with Crippen LogP contribution in [0.5, 0.6) is 0 Å². The fraction of sp³-hybridized carbons (Fsp3) is 0. The van der Waals surface area contributed by atoms with Gasteiger partial charge in [0, 0.05) is 35.0 Å². The molecule has 1 aliphatic rings. The van der Waals surface area contributed by atoms with E-state index >= 15 is 0 Å². The van der Waals surface area contributed by atoms with Crippen LogP contribution in [0.4, 0.5) is 17.1 Å². The number of benzene rings is 5. The van der Waals surface area contributed by atoms with Crippen molar-refractivity contribution in [1.82, 2.24) is 4.98 Å². The first-order chi connectivity index (χ1) is 19.8. The van der Waals surface area contributed by atoms with Gasteiger partial charge in [0.1, 0.15) is 6.07 Å². The van der Waals surface area contributed by atoms with Crippen LogP contribution in [0.15, 0.2) is 152 Å². The number of para-hydroxylation sites is 2. The van der Waals surface area contributed by atoms with Gasteiger partial charge in [0.15, 0.2) is 8.07 Å². The zero-order valence-corrected chi connectivity index (χ0v) is 22.8. The van der Waals surface area contributed by atoms with E-state index in [-0.39, 0.29) is 0 Å². The molecule has 0 saturated carbocycles. The van der Waals surface area contributed by atoms with Crippen LogP contribution in [0.3, 0.4) is 0 Å². The lowest BCUT2D eigenvalue weighted by atomic mass is 10.0. The number of rotatable bonds is 4. The van der Waals surface area contributed by atoms with Crippen LogP contribution in [0.25, 0.3) is 11.1 Å². The van der Waals surface area contributed by atoms with Gasteiger partial charge in [-0.25, -0.2) is 0 Å². The quantitative estimate of drug-likeness (QED) is 0.273. The molecule has 0 saturated heterocycles. The van der Waals surface area contributed by atoms with Gasteiger partial charge in [-0.1, -0.05) is 109 Å². The maximum absolute atomic E-state index is 9.74. The maximum atomic E-state index is 9.74. The number of anilines is 3. The Morgan fingerprint density at radius 2 is 1.18 bits per heavy atom. The lowest BCUT2D eigenvalue weighted by molar-refractivity contribution is 1.28. The molecule has 0 radical (unpaired) electrons. The third-order valence-corrected chi connectivity index (χ3v) is 12.7. The normalized spacial score (nSPS) is 13.1. The number of hydrogen-bond acceptors (Lipinski definition) is 3. The minimum absolute atomic E-state index is 0.568. The summed E-state index contributed by atoms with van der Waals surface area (Å²) in [7, 11) is -2.64. The molecular formula is C36H25N3Si. The molecule has 0 spiro atoms. The van der Waals surface area contributed by atoms with Crippen molar-refractivity contribution >= 4 is 45.9 Å². The molecule has 0 bridgehead atoms. The van der Waals surface area contributed by atoms with E-state index in [0.717, 1.165) is 16.8 Å². The number of nitrogens with zero attached hydrogens (tertiary/aromatic N) is 3. The van der Waals surface area contributed by atoms with Crippen molar-refractivity contribution in [3.8, 4) is 17.2 Å². The van der Waals surface area contributed by atoms with Crippen LogP contribution >= 0.6 is 0 Å². The Balaban J connectivity index is 1.53. The summed E-state index contributed by atoms with van der Waals surface area (Å²) in [5, 5.41) is 15.2. The summed E-state index contributed by atoms with van der Waals surface area (Å²) < 4.78 is 0. The highest BCUT2D eigenvalue weighted by atomic mass is 28.3. The largest absolute Gasteiger partial charge is 0.311 e. The summed E-state index contributed by atoms with van der Waals surface area (Å²) in [6.45, 7) is 0. The summed E-state index contributed by atoms with van der Waals surface area (Å²) in [5.74, 6) is 0. The Bertz CT molecular complexity index is 1790. The molecule has 40 heavy (non-hydrogen) atoms. The smallest absolute Gasteiger partial charge is 0.184 e. The average molecular weight is 528 g/mol. The number of hydrogen-bond donors (Lipinski definition) is 0. The maximum Gasteiger partial charge on any atom is 0.184 e. The molecule has 0 amide bonds. The molecule has 7 rings (SSSR count). The van der Waals surface area contributed by atoms with Gasteiger partial charge in [0.05, 0.1) is 5.56 Å². The van der Waals surface area contributed by atoms with Crippen LogP contribution < -0.4 is 25.6 Å². The average Bonchev–Trinajstić information content (AvgIpc) is 3.04. The Labute approximate surface area is 235 Å². The number of pyridine rings is 1. The second kappa shape index (κ2) is 9.81. The van der Waals surface area contributed by atoms with Crippen LogP contribution in [-0.4, -0.2) is 13.1 Å². The zero-order chi connectivity index (χ0) is 26.9. The van der Waals surface area contributed by atoms with E-state index in [1.54, 1.807) is 12.4 Å². The molecule has 0 N–H and O–H groups in total. The Morgan fingerprint density at radius 1 is 0.600 bits per heavy atom. The van der Waals surface area contributed by atoms with Gasteiger partial charge < -0.3 is 4.90 Å². The first kappa shape index (κ1) is 23.8. The van der Waals surface area contributed by atoms with Gasteiger partial charge in [-0.3, -0.25) is 4.98 Å². The highest BCUT2D eigenvalue weighted by Crippen LogP contribution is 2.39. The van der Waals surface area contributed by atoms with E-state index < -0.39 is 8.07 Å². The van der Waals surface area contributed by atoms with E-state index in [2.05, 4.69) is 149 Å². The van der Waals surface area contributed by atoms with Gasteiger partial charge >= 0.3 is 0 Å². The minimum Gasteiger partial charge on any atom is -0.311 e. The van der Waals surface area contributed by atoms with Crippen molar-refractivity contribution < 1.29 is 0 Å². The Kier molecular flexibility index (Phi) is 5.85. The molecule has 1 aliphatic heterocycles. The molecule has 0 atom stereocenters. The van der Waals surface area contributed by atoms with Crippen molar-refractivity contribution in [3.63, 3.8) is 0 Å². The van der Waals surface area contributed by atoms with E-state index in [9.17, 15) is 5.26 Å². The second-order valence-electron chi connectivity index (χ2n) is 9.94. The fourth-order valence-electron chi connectivity index (χ4n) is 6.24. The molecular weight excluding hydrogens is 503 g/mol. The van der Waals surface area contributed by atoms with E-state index in [1.165, 1.54) is 32.1 Å². The molecule has 0 aliphatic carbocycles. The topological polar surface area (TPSA) is 39.9 Å². The number of aromatic nitrogens is 1. The molecule has 4 heteroatoms. The molecule has 2 heterocycles. The first-order valence-corrected chi connectivity index (χ1v) is 15.4. The van der Waals surface area contributed by atoms with Crippen molar-refractivity contribution in [1.29, 1.82) is 5.26 Å². The highest BCUT2D eigenvalue weighted by molar-refractivity contribution is 7.21. The molecule has 188 valence electrons. The summed E-state index contributed by atoms with van der Waals surface area (Å²) >= 11 is 0. The predicted octanol–water partition coefficient (Wildman–Crippen LogP) is 5.78. The predicted molar refractivity (Wildman–Crippen MR) is 166 cm³/mol. The van der Waals surface area contributed by atoms with E-state index in [4.69, 9.17) is 0 Å². The molecule has 5 aromatic carbocycles. The monoisotopic (exact) mass is 527 g/mol. The summed E-state index contributed by atoms with van der Waals surface area (Å²) in [6.07, 6.45) is 3.38. The van der Waals surface area contributed by atoms with Crippen LogP contribution in [0.2, 0.25) is 0 Å². The van der Waals surface area contributed by atoms with Crippen LogP contribution in [0.1, 0.15) is 5.56 Å². The lowest BCUT2D eigenvalue weighted by Gasteiger charge is -2.45. The minimum atomic E-state index is -2.64. The molecule has 0 unspecified atom stereocenters.